The fourth-order valence-electron chi connectivity index (χ4n) is 2.31. The predicted octanol–water partition coefficient (Wildman–Crippen LogP) is 3.28. The molecular weight excluding hydrogens is 278 g/mol. The van der Waals surface area contributed by atoms with Crippen molar-refractivity contribution in [1.82, 2.24) is 5.32 Å². The van der Waals surface area contributed by atoms with Crippen molar-refractivity contribution < 1.29 is 14.2 Å². The quantitative estimate of drug-likeness (QED) is 0.796. The summed E-state index contributed by atoms with van der Waals surface area (Å²) in [6, 6.07) is 14.2. The Morgan fingerprint density at radius 3 is 2.73 bits per heavy atom. The monoisotopic (exact) mass is 299 g/mol. The Morgan fingerprint density at radius 1 is 1.05 bits per heavy atom. The normalized spacial score (nSPS) is 12.4. The fourth-order valence-corrected chi connectivity index (χ4v) is 2.31. The van der Waals surface area contributed by atoms with E-state index >= 15 is 0 Å². The molecular formula is C18H21NO3. The molecule has 0 unspecified atom stereocenters. The molecule has 0 saturated heterocycles. The smallest absolute Gasteiger partial charge is 0.231 e. The average molecular weight is 299 g/mol. The Bertz CT molecular complexity index is 610. The Hall–Kier alpha value is -2.20. The number of hydrogen-bond acceptors (Lipinski definition) is 4. The first-order chi connectivity index (χ1) is 10.8. The predicted molar refractivity (Wildman–Crippen MR) is 85.6 cm³/mol. The van der Waals surface area contributed by atoms with Crippen LogP contribution in [0.2, 0.25) is 0 Å². The van der Waals surface area contributed by atoms with Crippen molar-refractivity contribution in [3.8, 4) is 17.2 Å². The molecule has 1 aliphatic rings. The van der Waals surface area contributed by atoms with Gasteiger partial charge in [-0.15, -0.1) is 0 Å². The molecule has 0 spiro atoms. The van der Waals surface area contributed by atoms with Crippen LogP contribution in [0.15, 0.2) is 42.5 Å². The second kappa shape index (κ2) is 7.18. The van der Waals surface area contributed by atoms with Gasteiger partial charge in [-0.2, -0.15) is 0 Å². The molecule has 0 saturated carbocycles. The molecule has 0 aromatic heterocycles. The van der Waals surface area contributed by atoms with E-state index in [0.717, 1.165) is 43.4 Å². The molecule has 0 bridgehead atoms. The molecule has 0 amide bonds. The molecule has 1 aliphatic heterocycles. The standard InChI is InChI=1S/C18H21NO3/c1-14-3-6-16(7-4-14)20-10-2-9-19-12-15-5-8-17-18(11-15)22-13-21-17/h3-8,11,19H,2,9-10,12-13H2,1H3. The lowest BCUT2D eigenvalue weighted by atomic mass is 10.2. The van der Waals surface area contributed by atoms with Crippen molar-refractivity contribution in [3.63, 3.8) is 0 Å². The first-order valence-corrected chi connectivity index (χ1v) is 7.60. The highest BCUT2D eigenvalue weighted by Crippen LogP contribution is 2.32. The Labute approximate surface area is 131 Å². The molecule has 22 heavy (non-hydrogen) atoms. The molecule has 0 aliphatic carbocycles. The van der Waals surface area contributed by atoms with E-state index < -0.39 is 0 Å². The maximum atomic E-state index is 5.70. The number of rotatable bonds is 7. The summed E-state index contributed by atoms with van der Waals surface area (Å²) in [4.78, 5) is 0. The van der Waals surface area contributed by atoms with Crippen LogP contribution in [-0.2, 0) is 6.54 Å². The summed E-state index contributed by atoms with van der Waals surface area (Å²) in [5.41, 5.74) is 2.45. The van der Waals surface area contributed by atoms with Crippen LogP contribution in [0.1, 0.15) is 17.5 Å². The number of benzene rings is 2. The van der Waals surface area contributed by atoms with Gasteiger partial charge in [-0.1, -0.05) is 23.8 Å². The van der Waals surface area contributed by atoms with Gasteiger partial charge in [0.2, 0.25) is 6.79 Å². The minimum Gasteiger partial charge on any atom is -0.494 e. The topological polar surface area (TPSA) is 39.7 Å². The van der Waals surface area contributed by atoms with Gasteiger partial charge < -0.3 is 19.5 Å². The van der Waals surface area contributed by atoms with Gasteiger partial charge in [-0.3, -0.25) is 0 Å². The number of aryl methyl sites for hydroxylation is 1. The van der Waals surface area contributed by atoms with Crippen molar-refractivity contribution >= 4 is 0 Å². The Balaban J connectivity index is 1.33. The molecule has 4 nitrogen and oxygen atoms in total. The molecule has 0 fully saturated rings. The molecule has 2 aromatic rings. The van der Waals surface area contributed by atoms with Gasteiger partial charge in [-0.05, 0) is 49.7 Å². The SMILES string of the molecule is Cc1ccc(OCCCNCc2ccc3c(c2)OCO3)cc1. The van der Waals surface area contributed by atoms with Gasteiger partial charge in [0.1, 0.15) is 5.75 Å². The Kier molecular flexibility index (Phi) is 4.81. The van der Waals surface area contributed by atoms with E-state index in [-0.39, 0.29) is 0 Å². The molecule has 1 heterocycles. The van der Waals surface area contributed by atoms with Gasteiger partial charge in [-0.25, -0.2) is 0 Å². The van der Waals surface area contributed by atoms with E-state index in [2.05, 4.69) is 30.4 Å². The number of nitrogens with one attached hydrogen (secondary N) is 1. The zero-order chi connectivity index (χ0) is 15.2. The highest BCUT2D eigenvalue weighted by atomic mass is 16.7. The maximum Gasteiger partial charge on any atom is 0.231 e. The van der Waals surface area contributed by atoms with E-state index in [1.165, 1.54) is 11.1 Å². The minimum atomic E-state index is 0.322. The van der Waals surface area contributed by atoms with E-state index in [4.69, 9.17) is 14.2 Å². The van der Waals surface area contributed by atoms with Gasteiger partial charge in [0, 0.05) is 6.54 Å². The average Bonchev–Trinajstić information content (AvgIpc) is 3.00. The fraction of sp³-hybridized carbons (Fsp3) is 0.333. The van der Waals surface area contributed by atoms with Crippen LogP contribution < -0.4 is 19.5 Å². The van der Waals surface area contributed by atoms with Crippen molar-refractivity contribution in [2.45, 2.75) is 19.9 Å². The third-order valence-corrected chi connectivity index (χ3v) is 3.55. The van der Waals surface area contributed by atoms with Gasteiger partial charge in [0.05, 0.1) is 6.61 Å². The second-order valence-corrected chi connectivity index (χ2v) is 5.38. The number of fused-ring (bicyclic) bond motifs is 1. The largest absolute Gasteiger partial charge is 0.494 e. The summed E-state index contributed by atoms with van der Waals surface area (Å²) in [5.74, 6) is 2.60. The summed E-state index contributed by atoms with van der Waals surface area (Å²) in [6.45, 7) is 4.85. The van der Waals surface area contributed by atoms with Gasteiger partial charge in [0.25, 0.3) is 0 Å². The van der Waals surface area contributed by atoms with E-state index in [1.807, 2.05) is 24.3 Å². The highest BCUT2D eigenvalue weighted by molar-refractivity contribution is 5.44. The van der Waals surface area contributed by atoms with Crippen molar-refractivity contribution in [3.05, 3.63) is 53.6 Å². The van der Waals surface area contributed by atoms with E-state index in [9.17, 15) is 0 Å². The van der Waals surface area contributed by atoms with Gasteiger partial charge in [0.15, 0.2) is 11.5 Å². The van der Waals surface area contributed by atoms with Crippen LogP contribution in [0.5, 0.6) is 17.2 Å². The lowest BCUT2D eigenvalue weighted by molar-refractivity contribution is 0.174. The first kappa shape index (κ1) is 14.7. The first-order valence-electron chi connectivity index (χ1n) is 7.60. The summed E-state index contributed by atoms with van der Waals surface area (Å²) < 4.78 is 16.4. The molecule has 3 rings (SSSR count). The molecule has 0 atom stereocenters. The van der Waals surface area contributed by atoms with Crippen LogP contribution in [0.4, 0.5) is 0 Å². The Morgan fingerprint density at radius 2 is 1.86 bits per heavy atom. The maximum absolute atomic E-state index is 5.70. The minimum absolute atomic E-state index is 0.322. The third kappa shape index (κ3) is 3.92. The lowest BCUT2D eigenvalue weighted by Gasteiger charge is -2.08. The van der Waals surface area contributed by atoms with Crippen LogP contribution in [0.25, 0.3) is 0 Å². The summed E-state index contributed by atoms with van der Waals surface area (Å²) in [6.07, 6.45) is 0.971. The summed E-state index contributed by atoms with van der Waals surface area (Å²) >= 11 is 0. The molecule has 2 aromatic carbocycles. The highest BCUT2D eigenvalue weighted by Gasteiger charge is 2.12. The zero-order valence-corrected chi connectivity index (χ0v) is 12.8. The van der Waals surface area contributed by atoms with Crippen molar-refractivity contribution in [2.24, 2.45) is 0 Å². The van der Waals surface area contributed by atoms with Crippen molar-refractivity contribution in [2.75, 3.05) is 19.9 Å². The van der Waals surface area contributed by atoms with Gasteiger partial charge >= 0.3 is 0 Å². The molecule has 1 N–H and O–H groups in total. The van der Waals surface area contributed by atoms with Crippen LogP contribution in [0.3, 0.4) is 0 Å². The second-order valence-electron chi connectivity index (χ2n) is 5.38. The number of ether oxygens (including phenoxy) is 3. The van der Waals surface area contributed by atoms with Crippen LogP contribution in [0, 0.1) is 6.92 Å². The number of hydrogen-bond donors (Lipinski definition) is 1. The molecule has 4 heteroatoms. The third-order valence-electron chi connectivity index (χ3n) is 3.55. The molecule has 116 valence electrons. The van der Waals surface area contributed by atoms with Crippen LogP contribution in [-0.4, -0.2) is 19.9 Å². The van der Waals surface area contributed by atoms with Crippen LogP contribution >= 0.6 is 0 Å². The lowest BCUT2D eigenvalue weighted by Crippen LogP contribution is -2.17. The van der Waals surface area contributed by atoms with Crippen molar-refractivity contribution in [1.29, 1.82) is 0 Å². The van der Waals surface area contributed by atoms with E-state index in [1.54, 1.807) is 0 Å². The molecule has 0 radical (unpaired) electrons. The summed E-state index contributed by atoms with van der Waals surface area (Å²) in [7, 11) is 0. The van der Waals surface area contributed by atoms with E-state index in [0.29, 0.717) is 6.79 Å². The summed E-state index contributed by atoms with van der Waals surface area (Å²) in [5, 5.41) is 3.41. The zero-order valence-electron chi connectivity index (χ0n) is 12.8.